The van der Waals surface area contributed by atoms with Gasteiger partial charge in [0.15, 0.2) is 0 Å². The molecular weight excluding hydrogens is 356 g/mol. The molecule has 110 valence electrons. The van der Waals surface area contributed by atoms with Gasteiger partial charge in [0.25, 0.3) is 5.69 Å². The third-order valence-corrected chi connectivity index (χ3v) is 3.94. The molecule has 2 rings (SSSR count). The Morgan fingerprint density at radius 1 is 1.33 bits per heavy atom. The van der Waals surface area contributed by atoms with Gasteiger partial charge in [0.1, 0.15) is 0 Å². The number of nitrogens with zero attached hydrogens (tertiary/aromatic N) is 1. The fourth-order valence-electron chi connectivity index (χ4n) is 2.05. The Labute approximate surface area is 136 Å². The molecule has 2 aromatic rings. The van der Waals surface area contributed by atoms with E-state index < -0.39 is 4.92 Å². The first kappa shape index (κ1) is 15.9. The fraction of sp³-hybridized carbons (Fsp3) is 0.200. The zero-order valence-corrected chi connectivity index (χ0v) is 13.7. The van der Waals surface area contributed by atoms with Crippen LogP contribution < -0.4 is 5.32 Å². The van der Waals surface area contributed by atoms with E-state index in [1.54, 1.807) is 6.07 Å². The number of nitro benzene ring substituents is 1. The smallest absolute Gasteiger partial charge is 0.270 e. The largest absolute Gasteiger partial charge is 0.306 e. The topological polar surface area (TPSA) is 55.2 Å². The van der Waals surface area contributed by atoms with Crippen LogP contribution in [0.4, 0.5) is 5.69 Å². The Balaban J connectivity index is 2.09. The summed E-state index contributed by atoms with van der Waals surface area (Å²) in [5.41, 5.74) is 1.92. The third-order valence-electron chi connectivity index (χ3n) is 3.14. The molecule has 0 bridgehead atoms. The van der Waals surface area contributed by atoms with Gasteiger partial charge in [-0.15, -0.1) is 0 Å². The van der Waals surface area contributed by atoms with Gasteiger partial charge in [-0.2, -0.15) is 0 Å². The normalized spacial score (nSPS) is 12.1. The van der Waals surface area contributed by atoms with Crippen LogP contribution in [0.25, 0.3) is 0 Å². The van der Waals surface area contributed by atoms with Crippen molar-refractivity contribution in [3.8, 4) is 0 Å². The Kier molecular flexibility index (Phi) is 5.33. The molecule has 0 aliphatic carbocycles. The molecule has 1 atom stereocenters. The quantitative estimate of drug-likeness (QED) is 0.605. The second-order valence-corrected chi connectivity index (χ2v) is 6.02. The molecule has 0 aromatic heterocycles. The van der Waals surface area contributed by atoms with E-state index >= 15 is 0 Å². The Bertz CT molecular complexity index is 664. The van der Waals surface area contributed by atoms with E-state index in [9.17, 15) is 10.1 Å². The number of non-ortho nitro benzene ring substituents is 1. The van der Waals surface area contributed by atoms with Gasteiger partial charge in [-0.3, -0.25) is 10.1 Å². The van der Waals surface area contributed by atoms with Gasteiger partial charge in [0.05, 0.1) is 4.92 Å². The molecule has 0 spiro atoms. The molecule has 0 saturated carbocycles. The molecule has 0 radical (unpaired) electrons. The molecule has 0 heterocycles. The van der Waals surface area contributed by atoms with Crippen LogP contribution in [0.3, 0.4) is 0 Å². The molecule has 6 heteroatoms. The first-order chi connectivity index (χ1) is 9.97. The van der Waals surface area contributed by atoms with E-state index in [2.05, 4.69) is 21.2 Å². The van der Waals surface area contributed by atoms with Crippen molar-refractivity contribution >= 4 is 33.2 Å². The predicted octanol–water partition coefficient (Wildman–Crippen LogP) is 4.86. The van der Waals surface area contributed by atoms with Crippen LogP contribution in [0.5, 0.6) is 0 Å². The van der Waals surface area contributed by atoms with E-state index in [-0.39, 0.29) is 11.7 Å². The predicted molar refractivity (Wildman–Crippen MR) is 87.5 cm³/mol. The van der Waals surface area contributed by atoms with Gasteiger partial charge in [-0.1, -0.05) is 45.7 Å². The number of benzene rings is 2. The number of hydrogen-bond donors (Lipinski definition) is 1. The second kappa shape index (κ2) is 7.02. The molecule has 21 heavy (non-hydrogen) atoms. The van der Waals surface area contributed by atoms with Crippen LogP contribution in [-0.2, 0) is 6.54 Å². The number of nitrogens with one attached hydrogen (secondary N) is 1. The van der Waals surface area contributed by atoms with Crippen molar-refractivity contribution in [3.05, 3.63) is 73.2 Å². The minimum atomic E-state index is -0.397. The summed E-state index contributed by atoms with van der Waals surface area (Å²) in [7, 11) is 0. The number of hydrogen-bond acceptors (Lipinski definition) is 3. The van der Waals surface area contributed by atoms with E-state index in [4.69, 9.17) is 11.6 Å². The molecule has 4 nitrogen and oxygen atoms in total. The van der Waals surface area contributed by atoms with Gasteiger partial charge in [-0.25, -0.2) is 0 Å². The van der Waals surface area contributed by atoms with Crippen LogP contribution in [0.1, 0.15) is 24.1 Å². The fourth-order valence-corrected chi connectivity index (χ4v) is 2.88. The lowest BCUT2D eigenvalue weighted by Crippen LogP contribution is -2.18. The highest BCUT2D eigenvalue weighted by molar-refractivity contribution is 9.10. The van der Waals surface area contributed by atoms with Gasteiger partial charge in [0, 0.05) is 34.2 Å². The van der Waals surface area contributed by atoms with Crippen molar-refractivity contribution in [1.82, 2.24) is 5.32 Å². The van der Waals surface area contributed by atoms with Crippen molar-refractivity contribution in [3.63, 3.8) is 0 Å². The van der Waals surface area contributed by atoms with Crippen molar-refractivity contribution in [2.45, 2.75) is 19.5 Å². The zero-order valence-electron chi connectivity index (χ0n) is 11.3. The van der Waals surface area contributed by atoms with Crippen molar-refractivity contribution in [1.29, 1.82) is 0 Å². The standard InChI is InChI=1S/C15H14BrClN2O2/c1-10(14-4-2-3-5-15(14)17)18-9-11-6-12(16)8-13(7-11)19(20)21/h2-8,10,18H,9H2,1H3/t10-/m1/s1. The zero-order chi connectivity index (χ0) is 15.4. The van der Waals surface area contributed by atoms with Crippen molar-refractivity contribution in [2.75, 3.05) is 0 Å². The van der Waals surface area contributed by atoms with E-state index in [1.807, 2.05) is 37.3 Å². The molecule has 0 saturated heterocycles. The maximum Gasteiger partial charge on any atom is 0.270 e. The highest BCUT2D eigenvalue weighted by Gasteiger charge is 2.11. The van der Waals surface area contributed by atoms with Crippen LogP contribution in [0, 0.1) is 10.1 Å². The van der Waals surface area contributed by atoms with Gasteiger partial charge >= 0.3 is 0 Å². The third kappa shape index (κ3) is 4.27. The van der Waals surface area contributed by atoms with Crippen LogP contribution >= 0.6 is 27.5 Å². The van der Waals surface area contributed by atoms with Crippen LogP contribution in [-0.4, -0.2) is 4.92 Å². The van der Waals surface area contributed by atoms with E-state index in [0.717, 1.165) is 11.1 Å². The monoisotopic (exact) mass is 368 g/mol. The van der Waals surface area contributed by atoms with Crippen molar-refractivity contribution in [2.24, 2.45) is 0 Å². The lowest BCUT2D eigenvalue weighted by atomic mass is 10.1. The Morgan fingerprint density at radius 2 is 2.05 bits per heavy atom. The molecule has 0 aliphatic rings. The van der Waals surface area contributed by atoms with Gasteiger partial charge < -0.3 is 5.32 Å². The maximum absolute atomic E-state index is 10.9. The maximum atomic E-state index is 10.9. The Hall–Kier alpha value is -1.43. The molecular formula is C15H14BrClN2O2. The summed E-state index contributed by atoms with van der Waals surface area (Å²) in [4.78, 5) is 10.5. The Morgan fingerprint density at radius 3 is 2.71 bits per heavy atom. The molecule has 0 aliphatic heterocycles. The summed E-state index contributed by atoms with van der Waals surface area (Å²) in [6.07, 6.45) is 0. The molecule has 2 aromatic carbocycles. The SMILES string of the molecule is C[C@@H](NCc1cc(Br)cc([N+](=O)[O-])c1)c1ccccc1Cl. The minimum Gasteiger partial charge on any atom is -0.306 e. The first-order valence-electron chi connectivity index (χ1n) is 6.39. The van der Waals surface area contributed by atoms with Gasteiger partial charge in [-0.05, 0) is 30.2 Å². The van der Waals surface area contributed by atoms with Crippen molar-refractivity contribution < 1.29 is 4.92 Å². The lowest BCUT2D eigenvalue weighted by Gasteiger charge is -2.15. The molecule has 0 fully saturated rings. The van der Waals surface area contributed by atoms with E-state index in [0.29, 0.717) is 16.0 Å². The number of halogens is 2. The average molecular weight is 370 g/mol. The summed E-state index contributed by atoms with van der Waals surface area (Å²) >= 11 is 9.45. The minimum absolute atomic E-state index is 0.0525. The van der Waals surface area contributed by atoms with Gasteiger partial charge in [0.2, 0.25) is 0 Å². The summed E-state index contributed by atoms with van der Waals surface area (Å²) in [5, 5.41) is 14.9. The summed E-state index contributed by atoms with van der Waals surface area (Å²) in [6.45, 7) is 2.53. The highest BCUT2D eigenvalue weighted by Crippen LogP contribution is 2.24. The van der Waals surface area contributed by atoms with E-state index in [1.165, 1.54) is 6.07 Å². The summed E-state index contributed by atoms with van der Waals surface area (Å²) in [5.74, 6) is 0. The highest BCUT2D eigenvalue weighted by atomic mass is 79.9. The summed E-state index contributed by atoms with van der Waals surface area (Å²) in [6, 6.07) is 12.6. The number of nitro groups is 1. The molecule has 0 unspecified atom stereocenters. The second-order valence-electron chi connectivity index (χ2n) is 4.70. The molecule has 0 amide bonds. The molecule has 1 N–H and O–H groups in total. The van der Waals surface area contributed by atoms with Crippen LogP contribution in [0.15, 0.2) is 46.9 Å². The first-order valence-corrected chi connectivity index (χ1v) is 7.56. The summed E-state index contributed by atoms with van der Waals surface area (Å²) < 4.78 is 0.693. The lowest BCUT2D eigenvalue weighted by molar-refractivity contribution is -0.385. The number of rotatable bonds is 5. The average Bonchev–Trinajstić information content (AvgIpc) is 2.44. The van der Waals surface area contributed by atoms with Crippen LogP contribution in [0.2, 0.25) is 5.02 Å².